The molecule has 0 bridgehead atoms. The molecule has 0 atom stereocenters. The van der Waals surface area contributed by atoms with Crippen LogP contribution < -0.4 is 0 Å². The highest BCUT2D eigenvalue weighted by Crippen LogP contribution is 2.14. The first kappa shape index (κ1) is 17.2. The molecule has 6 nitrogen and oxygen atoms in total. The topological polar surface area (TPSA) is 89.9 Å². The van der Waals surface area contributed by atoms with Crippen molar-refractivity contribution in [1.82, 2.24) is 0 Å². The van der Waals surface area contributed by atoms with Crippen LogP contribution >= 0.6 is 0 Å². The standard InChI is InChI=1S/C13H20O6/c1-9(12(17)18-6-5-10(14)15)7-11(16)19-8-13(2,3)4/h1,5-8H2,2-4H3,(H,14,15). The van der Waals surface area contributed by atoms with Crippen LogP contribution in [0.5, 0.6) is 0 Å². The van der Waals surface area contributed by atoms with Gasteiger partial charge in [-0.05, 0) is 5.41 Å². The first-order valence-electron chi connectivity index (χ1n) is 5.84. The summed E-state index contributed by atoms with van der Waals surface area (Å²) in [7, 11) is 0. The van der Waals surface area contributed by atoms with Crippen LogP contribution in [0.3, 0.4) is 0 Å². The monoisotopic (exact) mass is 272 g/mol. The molecule has 108 valence electrons. The number of carboxylic acid groups (broad SMARTS) is 1. The Morgan fingerprint density at radius 2 is 1.74 bits per heavy atom. The third kappa shape index (κ3) is 9.82. The fourth-order valence-electron chi connectivity index (χ4n) is 0.928. The van der Waals surface area contributed by atoms with E-state index in [0.29, 0.717) is 0 Å². The number of hydrogen-bond donors (Lipinski definition) is 1. The Hall–Kier alpha value is -1.85. The summed E-state index contributed by atoms with van der Waals surface area (Å²) >= 11 is 0. The number of carboxylic acids is 1. The first-order valence-corrected chi connectivity index (χ1v) is 5.84. The fraction of sp³-hybridized carbons (Fsp3) is 0.615. The summed E-state index contributed by atoms with van der Waals surface area (Å²) in [4.78, 5) is 33.0. The summed E-state index contributed by atoms with van der Waals surface area (Å²) in [6.07, 6.45) is -0.546. The number of hydrogen-bond acceptors (Lipinski definition) is 5. The van der Waals surface area contributed by atoms with Gasteiger partial charge < -0.3 is 14.6 Å². The smallest absolute Gasteiger partial charge is 0.334 e. The molecule has 19 heavy (non-hydrogen) atoms. The van der Waals surface area contributed by atoms with Gasteiger partial charge in [-0.1, -0.05) is 27.4 Å². The van der Waals surface area contributed by atoms with E-state index in [-0.39, 0.29) is 37.0 Å². The Labute approximate surface area is 112 Å². The van der Waals surface area contributed by atoms with Gasteiger partial charge >= 0.3 is 17.9 Å². The average molecular weight is 272 g/mol. The van der Waals surface area contributed by atoms with E-state index in [2.05, 4.69) is 11.3 Å². The molecule has 0 aromatic rings. The summed E-state index contributed by atoms with van der Waals surface area (Å²) in [5.74, 6) is -2.41. The second-order valence-corrected chi connectivity index (χ2v) is 5.28. The molecule has 0 saturated carbocycles. The molecule has 0 unspecified atom stereocenters. The van der Waals surface area contributed by atoms with Crippen LogP contribution in [0.2, 0.25) is 0 Å². The second kappa shape index (κ2) is 7.56. The lowest BCUT2D eigenvalue weighted by Crippen LogP contribution is -2.20. The molecule has 0 aliphatic carbocycles. The van der Waals surface area contributed by atoms with E-state index in [0.717, 1.165) is 0 Å². The molecule has 0 rings (SSSR count). The summed E-state index contributed by atoms with van der Waals surface area (Å²) in [6.45, 7) is 9.15. The van der Waals surface area contributed by atoms with Crippen LogP contribution in [-0.2, 0) is 23.9 Å². The van der Waals surface area contributed by atoms with Crippen molar-refractivity contribution < 1.29 is 29.0 Å². The van der Waals surface area contributed by atoms with Gasteiger partial charge in [0.15, 0.2) is 0 Å². The van der Waals surface area contributed by atoms with Crippen molar-refractivity contribution in [3.05, 3.63) is 12.2 Å². The minimum absolute atomic E-state index is 0.0516. The Kier molecular flexibility index (Phi) is 6.82. The summed E-state index contributed by atoms with van der Waals surface area (Å²) in [5, 5.41) is 8.37. The molecule has 0 radical (unpaired) electrons. The quantitative estimate of drug-likeness (QED) is 0.558. The molecular weight excluding hydrogens is 252 g/mol. The largest absolute Gasteiger partial charge is 0.481 e. The third-order valence-corrected chi connectivity index (χ3v) is 1.86. The van der Waals surface area contributed by atoms with Crippen LogP contribution in [0.25, 0.3) is 0 Å². The molecule has 0 aliphatic heterocycles. The SMILES string of the molecule is C=C(CC(=O)OCC(C)(C)C)C(=O)OCCC(=O)O. The van der Waals surface area contributed by atoms with Gasteiger partial charge in [-0.25, -0.2) is 4.79 Å². The molecule has 1 N–H and O–H groups in total. The first-order chi connectivity index (χ1) is 8.61. The maximum atomic E-state index is 11.4. The van der Waals surface area contributed by atoms with E-state index in [4.69, 9.17) is 9.84 Å². The lowest BCUT2D eigenvalue weighted by molar-refractivity contribution is -0.149. The third-order valence-electron chi connectivity index (χ3n) is 1.86. The normalized spacial score (nSPS) is 10.7. The van der Waals surface area contributed by atoms with Crippen molar-refractivity contribution in [2.45, 2.75) is 33.6 Å². The highest BCUT2D eigenvalue weighted by Gasteiger charge is 2.17. The van der Waals surface area contributed by atoms with Crippen molar-refractivity contribution in [3.8, 4) is 0 Å². The molecule has 0 amide bonds. The van der Waals surface area contributed by atoms with Crippen LogP contribution in [0, 0.1) is 5.41 Å². The average Bonchev–Trinajstić information content (AvgIpc) is 2.24. The summed E-state index contributed by atoms with van der Waals surface area (Å²) < 4.78 is 9.60. The van der Waals surface area contributed by atoms with E-state index < -0.39 is 17.9 Å². The molecule has 0 aromatic carbocycles. The predicted octanol–water partition coefficient (Wildman–Crippen LogP) is 1.54. The fourth-order valence-corrected chi connectivity index (χ4v) is 0.928. The summed E-state index contributed by atoms with van der Waals surface area (Å²) in [6, 6.07) is 0. The maximum Gasteiger partial charge on any atom is 0.334 e. The Morgan fingerprint density at radius 1 is 1.16 bits per heavy atom. The highest BCUT2D eigenvalue weighted by atomic mass is 16.5. The van der Waals surface area contributed by atoms with Crippen molar-refractivity contribution in [1.29, 1.82) is 0 Å². The van der Waals surface area contributed by atoms with E-state index in [1.165, 1.54) is 0 Å². The Bertz CT molecular complexity index is 364. The van der Waals surface area contributed by atoms with Crippen molar-refractivity contribution in [2.24, 2.45) is 5.41 Å². The van der Waals surface area contributed by atoms with Crippen molar-refractivity contribution >= 4 is 17.9 Å². The van der Waals surface area contributed by atoms with Crippen LogP contribution in [0.4, 0.5) is 0 Å². The molecule has 6 heteroatoms. The zero-order valence-electron chi connectivity index (χ0n) is 11.5. The number of rotatable bonds is 7. The van der Waals surface area contributed by atoms with Gasteiger partial charge in [0.1, 0.15) is 6.61 Å². The number of esters is 2. The van der Waals surface area contributed by atoms with Crippen molar-refractivity contribution in [2.75, 3.05) is 13.2 Å². The lowest BCUT2D eigenvalue weighted by Gasteiger charge is -2.17. The van der Waals surface area contributed by atoms with Gasteiger partial charge in [0.2, 0.25) is 0 Å². The zero-order valence-corrected chi connectivity index (χ0v) is 11.5. The van der Waals surface area contributed by atoms with E-state index in [1.807, 2.05) is 20.8 Å². The Balaban J connectivity index is 3.98. The molecule has 0 aliphatic rings. The van der Waals surface area contributed by atoms with Gasteiger partial charge in [0, 0.05) is 5.57 Å². The van der Waals surface area contributed by atoms with Gasteiger partial charge in [0.25, 0.3) is 0 Å². The van der Waals surface area contributed by atoms with Gasteiger partial charge in [-0.15, -0.1) is 0 Å². The molecule has 0 saturated heterocycles. The Morgan fingerprint density at radius 3 is 2.21 bits per heavy atom. The summed E-state index contributed by atoms with van der Waals surface area (Å²) in [5.41, 5.74) is -0.205. The predicted molar refractivity (Wildman–Crippen MR) is 67.4 cm³/mol. The minimum Gasteiger partial charge on any atom is -0.481 e. The molecule has 0 heterocycles. The zero-order chi connectivity index (χ0) is 15.1. The van der Waals surface area contributed by atoms with E-state index in [9.17, 15) is 14.4 Å². The van der Waals surface area contributed by atoms with E-state index >= 15 is 0 Å². The molecule has 0 spiro atoms. The molecule has 0 fully saturated rings. The number of carbonyl (C=O) groups excluding carboxylic acids is 2. The number of ether oxygens (including phenoxy) is 2. The van der Waals surface area contributed by atoms with Crippen LogP contribution in [-0.4, -0.2) is 36.2 Å². The van der Waals surface area contributed by atoms with Gasteiger partial charge in [-0.3, -0.25) is 9.59 Å². The van der Waals surface area contributed by atoms with Crippen molar-refractivity contribution in [3.63, 3.8) is 0 Å². The number of carbonyl (C=O) groups is 3. The minimum atomic E-state index is -1.07. The van der Waals surface area contributed by atoms with Crippen LogP contribution in [0.15, 0.2) is 12.2 Å². The highest BCUT2D eigenvalue weighted by molar-refractivity contribution is 5.93. The second-order valence-electron chi connectivity index (χ2n) is 5.28. The number of aliphatic carboxylic acids is 1. The lowest BCUT2D eigenvalue weighted by atomic mass is 9.99. The van der Waals surface area contributed by atoms with Gasteiger partial charge in [-0.2, -0.15) is 0 Å². The molecule has 0 aromatic heterocycles. The van der Waals surface area contributed by atoms with E-state index in [1.54, 1.807) is 0 Å². The van der Waals surface area contributed by atoms with Gasteiger partial charge in [0.05, 0.1) is 19.4 Å². The van der Waals surface area contributed by atoms with Crippen LogP contribution in [0.1, 0.15) is 33.6 Å². The maximum absolute atomic E-state index is 11.4. The molecular formula is C13H20O6.